The SMILES string of the molecule is [W].c1ccc2c(c1)ccc1o[pH]oc3ccc4ccccc4c3c12. The van der Waals surface area contributed by atoms with E-state index in [1.165, 1.54) is 21.5 Å². The molecule has 0 saturated carbocycles. The molecule has 0 aliphatic heterocycles. The van der Waals surface area contributed by atoms with Crippen LogP contribution in [0.2, 0.25) is 0 Å². The summed E-state index contributed by atoms with van der Waals surface area (Å²) in [6, 6.07) is 25.1. The minimum atomic E-state index is -0.0290. The number of fused-ring (bicyclic) bond motifs is 7. The molecule has 1 heterocycles. The standard InChI is InChI=1S/C20H13O2P.W/c1-3-7-15-13(5-1)9-11-17-19(15)20-16-8-4-2-6-14(16)10-12-18(20)22-23-21-17;/h1-12,23H;. The third-order valence-corrected chi connectivity index (χ3v) is 4.94. The fourth-order valence-corrected chi connectivity index (χ4v) is 3.86. The van der Waals surface area contributed by atoms with Crippen LogP contribution in [0, 0.1) is 0 Å². The molecule has 4 aromatic carbocycles. The first-order valence-electron chi connectivity index (χ1n) is 7.54. The number of hydrogen-bond donors (Lipinski definition) is 0. The fraction of sp³-hybridized carbons (Fsp3) is 0. The van der Waals surface area contributed by atoms with E-state index in [1.807, 2.05) is 12.1 Å². The second-order valence-corrected chi connectivity index (χ2v) is 6.18. The second kappa shape index (κ2) is 6.13. The van der Waals surface area contributed by atoms with Gasteiger partial charge in [-0.1, -0.05) is 60.7 Å². The predicted molar refractivity (Wildman–Crippen MR) is 98.1 cm³/mol. The Morgan fingerprint density at radius 3 is 1.50 bits per heavy atom. The first-order valence-corrected chi connectivity index (χ1v) is 8.36. The Bertz CT molecular complexity index is 1130. The maximum Gasteiger partial charge on any atom is 0.201 e. The van der Waals surface area contributed by atoms with E-state index in [4.69, 9.17) is 8.39 Å². The van der Waals surface area contributed by atoms with Crippen molar-refractivity contribution in [3.8, 4) is 0 Å². The van der Waals surface area contributed by atoms with Crippen LogP contribution in [0.3, 0.4) is 0 Å². The van der Waals surface area contributed by atoms with E-state index in [2.05, 4.69) is 60.7 Å². The van der Waals surface area contributed by atoms with E-state index in [1.54, 1.807) is 0 Å². The summed E-state index contributed by atoms with van der Waals surface area (Å²) in [5, 5.41) is 7.05. The van der Waals surface area contributed by atoms with Crippen LogP contribution in [0.15, 0.2) is 81.2 Å². The molecule has 1 aromatic heterocycles. The molecule has 0 fully saturated rings. The second-order valence-electron chi connectivity index (χ2n) is 5.61. The third-order valence-electron chi connectivity index (χ3n) is 4.33. The van der Waals surface area contributed by atoms with Crippen LogP contribution in [0.5, 0.6) is 0 Å². The molecule has 0 N–H and O–H groups in total. The summed E-state index contributed by atoms with van der Waals surface area (Å²) in [4.78, 5) is 0. The van der Waals surface area contributed by atoms with Gasteiger partial charge in [-0.2, -0.15) is 0 Å². The molecule has 24 heavy (non-hydrogen) atoms. The van der Waals surface area contributed by atoms with E-state index in [9.17, 15) is 0 Å². The van der Waals surface area contributed by atoms with E-state index < -0.39 is 0 Å². The minimum absolute atomic E-state index is 0. The molecule has 0 amide bonds. The Morgan fingerprint density at radius 1 is 0.542 bits per heavy atom. The van der Waals surface area contributed by atoms with Crippen molar-refractivity contribution < 1.29 is 29.5 Å². The molecule has 4 heteroatoms. The number of hydrogen-bond acceptors (Lipinski definition) is 2. The van der Waals surface area contributed by atoms with Gasteiger partial charge in [0.15, 0.2) is 0 Å². The molecule has 0 aliphatic carbocycles. The van der Waals surface area contributed by atoms with Crippen molar-refractivity contribution in [2.75, 3.05) is 0 Å². The Morgan fingerprint density at radius 2 is 1.00 bits per heavy atom. The van der Waals surface area contributed by atoms with E-state index in [-0.39, 0.29) is 29.7 Å². The first kappa shape index (κ1) is 15.5. The molecule has 5 rings (SSSR count). The summed E-state index contributed by atoms with van der Waals surface area (Å²) in [5.41, 5.74) is 1.77. The average molecular weight is 500 g/mol. The fourth-order valence-electron chi connectivity index (χ4n) is 3.30. The smallest absolute Gasteiger partial charge is 0.201 e. The van der Waals surface area contributed by atoms with E-state index >= 15 is 0 Å². The van der Waals surface area contributed by atoms with Crippen molar-refractivity contribution in [1.82, 2.24) is 0 Å². The maximum absolute atomic E-state index is 5.89. The van der Waals surface area contributed by atoms with Gasteiger partial charge >= 0.3 is 0 Å². The van der Waals surface area contributed by atoms with Crippen molar-refractivity contribution >= 4 is 52.2 Å². The van der Waals surface area contributed by atoms with Crippen LogP contribution >= 0.6 is 8.67 Å². The van der Waals surface area contributed by atoms with Gasteiger partial charge in [-0.3, -0.25) is 0 Å². The van der Waals surface area contributed by atoms with Gasteiger partial charge in [0.05, 0.1) is 0 Å². The zero-order valence-electron chi connectivity index (χ0n) is 12.7. The average Bonchev–Trinajstić information content (AvgIpc) is 2.81. The molecule has 0 aliphatic rings. The summed E-state index contributed by atoms with van der Waals surface area (Å²) in [6.45, 7) is 0. The summed E-state index contributed by atoms with van der Waals surface area (Å²) in [7, 11) is -0.0290. The Labute approximate surface area is 154 Å². The Hall–Kier alpha value is -2.01. The summed E-state index contributed by atoms with van der Waals surface area (Å²) in [6.07, 6.45) is 0. The zero-order chi connectivity index (χ0) is 15.2. The predicted octanol–water partition coefficient (Wildman–Crippen LogP) is 6.64. The van der Waals surface area contributed by atoms with Gasteiger partial charge in [0.2, 0.25) is 8.67 Å². The molecule has 0 saturated heterocycles. The Kier molecular flexibility index (Phi) is 3.96. The molecule has 116 valence electrons. The van der Waals surface area contributed by atoms with Gasteiger partial charge in [0, 0.05) is 31.8 Å². The molecular formula is C20H13O2PW. The molecule has 0 bridgehead atoms. The molecular weight excluding hydrogens is 487 g/mol. The largest absolute Gasteiger partial charge is 0.421 e. The molecule has 0 unspecified atom stereocenters. The molecule has 0 spiro atoms. The van der Waals surface area contributed by atoms with Crippen LogP contribution in [-0.4, -0.2) is 0 Å². The minimum Gasteiger partial charge on any atom is -0.421 e. The van der Waals surface area contributed by atoms with Gasteiger partial charge in [-0.05, 0) is 33.7 Å². The van der Waals surface area contributed by atoms with Gasteiger partial charge in [0.25, 0.3) is 0 Å². The normalized spacial score (nSPS) is 11.0. The quantitative estimate of drug-likeness (QED) is 0.239. The first-order chi connectivity index (χ1) is 11.4. The van der Waals surface area contributed by atoms with Crippen molar-refractivity contribution in [2.24, 2.45) is 0 Å². The number of benzene rings is 4. The van der Waals surface area contributed by atoms with Crippen LogP contribution in [-0.2, 0) is 21.1 Å². The van der Waals surface area contributed by atoms with Crippen LogP contribution in [0.25, 0.3) is 43.5 Å². The summed E-state index contributed by atoms with van der Waals surface area (Å²) >= 11 is 0. The van der Waals surface area contributed by atoms with Crippen molar-refractivity contribution in [3.05, 3.63) is 72.8 Å². The van der Waals surface area contributed by atoms with Crippen molar-refractivity contribution in [2.45, 2.75) is 0 Å². The van der Waals surface area contributed by atoms with E-state index in [0.29, 0.717) is 0 Å². The maximum atomic E-state index is 5.89. The van der Waals surface area contributed by atoms with Crippen LogP contribution in [0.4, 0.5) is 0 Å². The van der Waals surface area contributed by atoms with Crippen LogP contribution in [0.1, 0.15) is 0 Å². The summed E-state index contributed by atoms with van der Waals surface area (Å²) < 4.78 is 11.8. The molecule has 0 radical (unpaired) electrons. The van der Waals surface area contributed by atoms with Gasteiger partial charge in [-0.25, -0.2) is 0 Å². The van der Waals surface area contributed by atoms with Gasteiger partial charge in [0.1, 0.15) is 11.2 Å². The monoisotopic (exact) mass is 500 g/mol. The number of rotatable bonds is 0. The van der Waals surface area contributed by atoms with Crippen LogP contribution < -0.4 is 0 Å². The van der Waals surface area contributed by atoms with E-state index in [0.717, 1.165) is 21.9 Å². The summed E-state index contributed by atoms with van der Waals surface area (Å²) in [5.74, 6) is 0. The molecule has 5 aromatic rings. The molecule has 0 atom stereocenters. The van der Waals surface area contributed by atoms with Gasteiger partial charge in [-0.15, -0.1) is 0 Å². The Balaban J connectivity index is 0.00000146. The van der Waals surface area contributed by atoms with Crippen molar-refractivity contribution in [1.29, 1.82) is 0 Å². The molecule has 2 nitrogen and oxygen atoms in total. The zero-order valence-corrected chi connectivity index (χ0v) is 16.6. The topological polar surface area (TPSA) is 26.3 Å². The van der Waals surface area contributed by atoms with Crippen molar-refractivity contribution in [3.63, 3.8) is 0 Å². The van der Waals surface area contributed by atoms with Gasteiger partial charge < -0.3 is 8.39 Å². The third kappa shape index (κ3) is 2.30.